The van der Waals surface area contributed by atoms with Gasteiger partial charge in [-0.3, -0.25) is 14.5 Å². The Hall–Kier alpha value is -4.83. The van der Waals surface area contributed by atoms with Gasteiger partial charge in [-0.05, 0) is 67.8 Å². The Kier molecular flexibility index (Phi) is 6.37. The van der Waals surface area contributed by atoms with E-state index < -0.39 is 5.91 Å². The fourth-order valence-corrected chi connectivity index (χ4v) is 5.84. The predicted molar refractivity (Wildman–Crippen MR) is 151 cm³/mol. The lowest BCUT2D eigenvalue weighted by atomic mass is 10.1. The molecule has 2 aliphatic rings. The summed E-state index contributed by atoms with van der Waals surface area (Å²) in [6, 6.07) is 17.7. The Morgan fingerprint density at radius 2 is 1.90 bits per heavy atom. The van der Waals surface area contributed by atoms with E-state index >= 15 is 0 Å². The average molecular weight is 538 g/mol. The number of carbonyl (C=O) groups is 3. The van der Waals surface area contributed by atoms with E-state index in [9.17, 15) is 14.4 Å². The number of hydrogen-bond donors (Lipinski definition) is 2. The highest BCUT2D eigenvalue weighted by Crippen LogP contribution is 2.46. The highest BCUT2D eigenvalue weighted by Gasteiger charge is 2.34. The lowest BCUT2D eigenvalue weighted by Crippen LogP contribution is -2.39. The molecular weight excluding hydrogens is 514 g/mol. The van der Waals surface area contributed by atoms with E-state index in [1.165, 1.54) is 11.3 Å². The van der Waals surface area contributed by atoms with E-state index in [1.54, 1.807) is 41.4 Å². The van der Waals surface area contributed by atoms with Crippen molar-refractivity contribution >= 4 is 62.2 Å². The summed E-state index contributed by atoms with van der Waals surface area (Å²) in [6.07, 6.45) is 4.92. The van der Waals surface area contributed by atoms with Crippen molar-refractivity contribution in [3.05, 3.63) is 84.4 Å². The van der Waals surface area contributed by atoms with Gasteiger partial charge in [0.2, 0.25) is 0 Å². The lowest BCUT2D eigenvalue weighted by molar-refractivity contribution is -0.113. The predicted octanol–water partition coefficient (Wildman–Crippen LogP) is 6.21. The summed E-state index contributed by atoms with van der Waals surface area (Å²) in [4.78, 5) is 49.5. The Balaban J connectivity index is 1.29. The number of pyridine rings is 1. The zero-order valence-electron chi connectivity index (χ0n) is 20.7. The van der Waals surface area contributed by atoms with Crippen LogP contribution in [0.25, 0.3) is 10.2 Å². The van der Waals surface area contributed by atoms with Crippen molar-refractivity contribution in [2.45, 2.75) is 25.3 Å². The molecule has 0 radical (unpaired) electrons. The third-order valence-electron chi connectivity index (χ3n) is 6.59. The number of thiophene rings is 1. The van der Waals surface area contributed by atoms with E-state index in [0.717, 1.165) is 12.5 Å². The molecule has 2 N–H and O–H groups in total. The number of anilines is 3. The second kappa shape index (κ2) is 10.1. The number of rotatable bonds is 6. The summed E-state index contributed by atoms with van der Waals surface area (Å²) in [5.41, 5.74) is 2.34. The zero-order chi connectivity index (χ0) is 26.9. The fraction of sp³-hybridized carbons (Fsp3) is 0.138. The topological polar surface area (TPSA) is 113 Å². The molecule has 1 aliphatic heterocycles. The van der Waals surface area contributed by atoms with Gasteiger partial charge in [-0.2, -0.15) is 0 Å². The van der Waals surface area contributed by atoms with Crippen LogP contribution in [0.15, 0.2) is 84.5 Å². The lowest BCUT2D eigenvalue weighted by Gasteiger charge is -2.28. The van der Waals surface area contributed by atoms with Crippen LogP contribution in [0.3, 0.4) is 0 Å². The monoisotopic (exact) mass is 537 g/mol. The van der Waals surface area contributed by atoms with Crippen LogP contribution in [0.1, 0.15) is 28.9 Å². The minimum atomic E-state index is -0.427. The van der Waals surface area contributed by atoms with E-state index in [2.05, 4.69) is 27.2 Å². The molecule has 6 rings (SSSR count). The number of hydrogen-bond acceptors (Lipinski definition) is 6. The van der Waals surface area contributed by atoms with E-state index in [4.69, 9.17) is 4.74 Å². The SMILES string of the molecule is C=CC(=O)N=C1CCC[C@@H]1NC(=O)c1sc2nccc3c2c1NC(=O)N3c1ccc(Oc2ccccc2)cc1. The highest BCUT2D eigenvalue weighted by molar-refractivity contribution is 7.21. The van der Waals surface area contributed by atoms with Crippen molar-refractivity contribution in [3.63, 3.8) is 0 Å². The number of nitrogens with zero attached hydrogens (tertiary/aromatic N) is 3. The van der Waals surface area contributed by atoms with Gasteiger partial charge in [0.15, 0.2) is 0 Å². The van der Waals surface area contributed by atoms with Gasteiger partial charge < -0.3 is 15.4 Å². The van der Waals surface area contributed by atoms with Gasteiger partial charge in [0, 0.05) is 11.9 Å². The summed E-state index contributed by atoms with van der Waals surface area (Å²) in [6.45, 7) is 3.45. The smallest absolute Gasteiger partial charge is 0.331 e. The molecule has 194 valence electrons. The minimum absolute atomic E-state index is 0.347. The number of ether oxygens (including phenoxy) is 1. The van der Waals surface area contributed by atoms with Crippen LogP contribution in [0.4, 0.5) is 21.9 Å². The van der Waals surface area contributed by atoms with Crippen molar-refractivity contribution in [3.8, 4) is 11.5 Å². The fourth-order valence-electron chi connectivity index (χ4n) is 4.82. The first-order valence-corrected chi connectivity index (χ1v) is 13.2. The number of aromatic nitrogens is 1. The van der Waals surface area contributed by atoms with Crippen LogP contribution in [-0.4, -0.2) is 34.6 Å². The van der Waals surface area contributed by atoms with Gasteiger partial charge in [-0.25, -0.2) is 14.8 Å². The molecule has 1 atom stereocenters. The molecule has 9 nitrogen and oxygen atoms in total. The number of amides is 4. The van der Waals surface area contributed by atoms with Crippen molar-refractivity contribution < 1.29 is 19.1 Å². The molecule has 4 amide bonds. The van der Waals surface area contributed by atoms with E-state index in [0.29, 0.717) is 62.2 Å². The van der Waals surface area contributed by atoms with Gasteiger partial charge in [-0.1, -0.05) is 24.8 Å². The first-order valence-electron chi connectivity index (χ1n) is 12.4. The largest absolute Gasteiger partial charge is 0.457 e. The molecule has 1 saturated carbocycles. The van der Waals surface area contributed by atoms with Crippen LogP contribution in [-0.2, 0) is 4.79 Å². The number of nitrogens with one attached hydrogen (secondary N) is 2. The molecule has 2 aromatic carbocycles. The third-order valence-corrected chi connectivity index (χ3v) is 7.68. The zero-order valence-corrected chi connectivity index (χ0v) is 21.5. The Morgan fingerprint density at radius 3 is 2.67 bits per heavy atom. The average Bonchev–Trinajstić information content (AvgIpc) is 3.54. The molecule has 3 heterocycles. The van der Waals surface area contributed by atoms with Gasteiger partial charge >= 0.3 is 6.03 Å². The quantitative estimate of drug-likeness (QED) is 0.284. The molecule has 4 aromatic rings. The van der Waals surface area contributed by atoms with Crippen molar-refractivity contribution in [1.29, 1.82) is 0 Å². The molecule has 1 aliphatic carbocycles. The van der Waals surface area contributed by atoms with Crippen LogP contribution < -0.4 is 20.3 Å². The maximum absolute atomic E-state index is 13.4. The van der Waals surface area contributed by atoms with Crippen LogP contribution in [0.5, 0.6) is 11.5 Å². The maximum atomic E-state index is 13.4. The number of para-hydroxylation sites is 1. The third kappa shape index (κ3) is 4.66. The molecule has 10 heteroatoms. The van der Waals surface area contributed by atoms with Crippen molar-refractivity contribution in [1.82, 2.24) is 10.3 Å². The molecule has 0 spiro atoms. The molecule has 2 aromatic heterocycles. The summed E-state index contributed by atoms with van der Waals surface area (Å²) < 4.78 is 5.88. The van der Waals surface area contributed by atoms with Crippen LogP contribution in [0, 0.1) is 0 Å². The van der Waals surface area contributed by atoms with Gasteiger partial charge in [0.05, 0.1) is 28.5 Å². The Bertz CT molecular complexity index is 1650. The summed E-state index contributed by atoms with van der Waals surface area (Å²) in [7, 11) is 0. The second-order valence-corrected chi connectivity index (χ2v) is 10.1. The highest BCUT2D eigenvalue weighted by atomic mass is 32.1. The summed E-state index contributed by atoms with van der Waals surface area (Å²) in [5.74, 6) is 0.584. The van der Waals surface area contributed by atoms with Crippen LogP contribution >= 0.6 is 11.3 Å². The number of carbonyl (C=O) groups excluding carboxylic acids is 3. The standard InChI is InChI=1S/C29H23N5O4S/c1-2-23(35)31-20-9-6-10-21(20)32-27(36)26-25-24-22(15-16-30-28(24)39-26)34(29(37)33-25)17-11-13-19(14-12-17)38-18-7-4-3-5-8-18/h2-5,7-8,11-16,21H,1,6,9-10H2,(H,32,36)(H,33,37)/t21-/m0/s1. The minimum Gasteiger partial charge on any atom is -0.457 e. The summed E-state index contributed by atoms with van der Waals surface area (Å²) in [5, 5.41) is 6.58. The molecule has 1 fully saturated rings. The molecule has 0 bridgehead atoms. The maximum Gasteiger partial charge on any atom is 0.331 e. The van der Waals surface area contributed by atoms with Gasteiger partial charge in [0.25, 0.3) is 11.8 Å². The molecule has 0 saturated heterocycles. The van der Waals surface area contributed by atoms with Crippen molar-refractivity contribution in [2.75, 3.05) is 10.2 Å². The first kappa shape index (κ1) is 24.5. The molecule has 39 heavy (non-hydrogen) atoms. The summed E-state index contributed by atoms with van der Waals surface area (Å²) >= 11 is 1.21. The van der Waals surface area contributed by atoms with E-state index in [-0.39, 0.29) is 18.0 Å². The van der Waals surface area contributed by atoms with Gasteiger partial charge in [0.1, 0.15) is 21.2 Å². The van der Waals surface area contributed by atoms with Gasteiger partial charge in [-0.15, -0.1) is 11.3 Å². The first-order chi connectivity index (χ1) is 19.0. The Labute approximate surface area is 227 Å². The molecular formula is C29H23N5O4S. The van der Waals surface area contributed by atoms with E-state index in [1.807, 2.05) is 30.3 Å². The second-order valence-electron chi connectivity index (χ2n) is 9.05. The number of urea groups is 1. The number of aliphatic imine (C=N–C) groups is 1. The normalized spacial score (nSPS) is 17.2. The molecule has 0 unspecified atom stereocenters. The number of benzene rings is 2. The van der Waals surface area contributed by atoms with Crippen LogP contribution in [0.2, 0.25) is 0 Å². The Morgan fingerprint density at radius 1 is 1.13 bits per heavy atom. The van der Waals surface area contributed by atoms with Crippen molar-refractivity contribution in [2.24, 2.45) is 4.99 Å².